The van der Waals surface area contributed by atoms with Gasteiger partial charge in [-0.25, -0.2) is 8.78 Å². The third kappa shape index (κ3) is 3.59. The van der Waals surface area contributed by atoms with Gasteiger partial charge < -0.3 is 5.11 Å². The molecule has 1 saturated heterocycles. The van der Waals surface area contributed by atoms with Crippen LogP contribution in [0.1, 0.15) is 24.0 Å². The van der Waals surface area contributed by atoms with Crippen LogP contribution in [0.5, 0.6) is 0 Å². The molecule has 2 aromatic carbocycles. The van der Waals surface area contributed by atoms with Gasteiger partial charge in [-0.3, -0.25) is 4.90 Å². The highest BCUT2D eigenvalue weighted by atomic mass is 19.2. The topological polar surface area (TPSA) is 23.5 Å². The van der Waals surface area contributed by atoms with Gasteiger partial charge in [0.25, 0.3) is 0 Å². The first kappa shape index (κ1) is 16.1. The Morgan fingerprint density at radius 1 is 1.09 bits per heavy atom. The molecule has 0 aromatic heterocycles. The minimum Gasteiger partial charge on any atom is -0.393 e. The van der Waals surface area contributed by atoms with Crippen LogP contribution in [0.4, 0.5) is 8.78 Å². The Hall–Kier alpha value is -1.78. The highest BCUT2D eigenvalue weighted by molar-refractivity contribution is 5.25. The van der Waals surface area contributed by atoms with Gasteiger partial charge in [0.2, 0.25) is 0 Å². The lowest BCUT2D eigenvalue weighted by Crippen LogP contribution is -2.25. The Bertz CT molecular complexity index is 660. The molecule has 3 atom stereocenters. The van der Waals surface area contributed by atoms with Gasteiger partial charge in [0.15, 0.2) is 11.6 Å². The molecule has 122 valence electrons. The smallest absolute Gasteiger partial charge is 0.159 e. The molecule has 1 aliphatic heterocycles. The molecular weight excluding hydrogens is 296 g/mol. The third-order valence-electron chi connectivity index (χ3n) is 4.68. The van der Waals surface area contributed by atoms with Crippen LogP contribution in [0.3, 0.4) is 0 Å². The van der Waals surface area contributed by atoms with Gasteiger partial charge in [-0.05, 0) is 30.2 Å². The number of hydrogen-bond acceptors (Lipinski definition) is 2. The maximum atomic E-state index is 13.6. The zero-order valence-corrected chi connectivity index (χ0v) is 13.1. The maximum Gasteiger partial charge on any atom is 0.159 e. The third-order valence-corrected chi connectivity index (χ3v) is 4.68. The fourth-order valence-corrected chi connectivity index (χ4v) is 3.47. The molecular formula is C19H21F2NO. The number of likely N-dealkylation sites (tertiary alicyclic amines) is 1. The first-order valence-electron chi connectivity index (χ1n) is 7.94. The molecule has 1 heterocycles. The lowest BCUT2D eigenvalue weighted by Gasteiger charge is -2.21. The number of rotatable bonds is 4. The molecule has 1 N–H and O–H groups in total. The van der Waals surface area contributed by atoms with Crippen LogP contribution in [0, 0.1) is 17.6 Å². The molecule has 2 aromatic rings. The second-order valence-corrected chi connectivity index (χ2v) is 6.36. The van der Waals surface area contributed by atoms with E-state index < -0.39 is 17.7 Å². The monoisotopic (exact) mass is 317 g/mol. The molecule has 2 nitrogen and oxygen atoms in total. The molecule has 0 saturated carbocycles. The molecule has 0 spiro atoms. The van der Waals surface area contributed by atoms with Crippen LogP contribution in [-0.4, -0.2) is 29.2 Å². The Morgan fingerprint density at radius 3 is 2.48 bits per heavy atom. The van der Waals surface area contributed by atoms with Crippen molar-refractivity contribution in [2.24, 2.45) is 5.92 Å². The van der Waals surface area contributed by atoms with E-state index in [4.69, 9.17) is 0 Å². The molecule has 0 amide bonds. The first-order chi connectivity index (χ1) is 11.0. The fourth-order valence-electron chi connectivity index (χ4n) is 3.47. The normalized spacial score (nSPS) is 23.1. The molecule has 4 heteroatoms. The van der Waals surface area contributed by atoms with Gasteiger partial charge in [-0.1, -0.05) is 36.4 Å². The number of benzene rings is 2. The van der Waals surface area contributed by atoms with E-state index in [0.717, 1.165) is 25.2 Å². The molecule has 1 fully saturated rings. The molecule has 0 radical (unpaired) electrons. The summed E-state index contributed by atoms with van der Waals surface area (Å²) < 4.78 is 26.7. The van der Waals surface area contributed by atoms with E-state index in [9.17, 15) is 13.9 Å². The van der Waals surface area contributed by atoms with E-state index in [0.29, 0.717) is 0 Å². The zero-order valence-electron chi connectivity index (χ0n) is 13.1. The molecule has 1 aliphatic rings. The van der Waals surface area contributed by atoms with E-state index >= 15 is 0 Å². The van der Waals surface area contributed by atoms with E-state index in [1.807, 2.05) is 18.2 Å². The second kappa shape index (κ2) is 6.77. The molecule has 0 unspecified atom stereocenters. The Kier molecular flexibility index (Phi) is 4.74. The molecule has 23 heavy (non-hydrogen) atoms. The van der Waals surface area contributed by atoms with Crippen molar-refractivity contribution in [3.63, 3.8) is 0 Å². The standard InChI is InChI=1S/C19H21F2NO/c1-13(23)16-11-22(10-14-5-3-2-4-6-14)12-17(16)15-7-8-18(20)19(21)9-15/h2-9,13,16-17,23H,10-12H2,1H3/t13-,16-,17-/m1/s1. The van der Waals surface area contributed by atoms with Gasteiger partial charge in [0.05, 0.1) is 6.10 Å². The average Bonchev–Trinajstić information content (AvgIpc) is 2.95. The van der Waals surface area contributed by atoms with Crippen molar-refractivity contribution in [1.29, 1.82) is 0 Å². The Labute approximate surface area is 135 Å². The minimum absolute atomic E-state index is 0.00816. The number of aliphatic hydroxyl groups excluding tert-OH is 1. The molecule has 0 bridgehead atoms. The largest absolute Gasteiger partial charge is 0.393 e. The average molecular weight is 317 g/mol. The summed E-state index contributed by atoms with van der Waals surface area (Å²) in [5.41, 5.74) is 1.97. The van der Waals surface area contributed by atoms with Gasteiger partial charge in [0.1, 0.15) is 0 Å². The first-order valence-corrected chi connectivity index (χ1v) is 7.94. The van der Waals surface area contributed by atoms with Gasteiger partial charge >= 0.3 is 0 Å². The van der Waals surface area contributed by atoms with Crippen LogP contribution < -0.4 is 0 Å². The second-order valence-electron chi connectivity index (χ2n) is 6.36. The summed E-state index contributed by atoms with van der Waals surface area (Å²) in [5.74, 6) is -1.63. The Balaban J connectivity index is 1.79. The van der Waals surface area contributed by atoms with Crippen molar-refractivity contribution in [2.75, 3.05) is 13.1 Å². The highest BCUT2D eigenvalue weighted by Gasteiger charge is 2.36. The number of nitrogens with zero attached hydrogens (tertiary/aromatic N) is 1. The maximum absolute atomic E-state index is 13.6. The van der Waals surface area contributed by atoms with Gasteiger partial charge in [-0.2, -0.15) is 0 Å². The predicted molar refractivity (Wildman–Crippen MR) is 86.0 cm³/mol. The van der Waals surface area contributed by atoms with Crippen molar-refractivity contribution in [1.82, 2.24) is 4.90 Å². The summed E-state index contributed by atoms with van der Waals surface area (Å²) in [6, 6.07) is 14.2. The number of halogens is 2. The molecule has 3 rings (SSSR count). The molecule has 0 aliphatic carbocycles. The van der Waals surface area contributed by atoms with E-state index in [-0.39, 0.29) is 11.8 Å². The van der Waals surface area contributed by atoms with Crippen molar-refractivity contribution >= 4 is 0 Å². The lowest BCUT2D eigenvalue weighted by molar-refractivity contribution is 0.120. The van der Waals surface area contributed by atoms with Crippen LogP contribution >= 0.6 is 0 Å². The minimum atomic E-state index is -0.832. The van der Waals surface area contributed by atoms with E-state index in [2.05, 4.69) is 17.0 Å². The van der Waals surface area contributed by atoms with Crippen LogP contribution in [-0.2, 0) is 6.54 Å². The summed E-state index contributed by atoms with van der Waals surface area (Å²) in [6.07, 6.45) is -0.492. The summed E-state index contributed by atoms with van der Waals surface area (Å²) in [7, 11) is 0. The van der Waals surface area contributed by atoms with Crippen molar-refractivity contribution in [3.8, 4) is 0 Å². The Morgan fingerprint density at radius 2 is 1.83 bits per heavy atom. The summed E-state index contributed by atoms with van der Waals surface area (Å²) in [6.45, 7) is 4.04. The highest BCUT2D eigenvalue weighted by Crippen LogP contribution is 2.36. The SMILES string of the molecule is C[C@@H](O)[C@H]1CN(Cc2ccccc2)C[C@@H]1c1ccc(F)c(F)c1. The van der Waals surface area contributed by atoms with Crippen LogP contribution in [0.25, 0.3) is 0 Å². The number of aliphatic hydroxyl groups is 1. The van der Waals surface area contributed by atoms with Crippen molar-refractivity contribution in [3.05, 3.63) is 71.3 Å². The quantitative estimate of drug-likeness (QED) is 0.932. The number of hydrogen-bond donors (Lipinski definition) is 1. The van der Waals surface area contributed by atoms with Crippen molar-refractivity contribution in [2.45, 2.75) is 25.5 Å². The van der Waals surface area contributed by atoms with Crippen LogP contribution in [0.15, 0.2) is 48.5 Å². The van der Waals surface area contributed by atoms with E-state index in [1.165, 1.54) is 17.7 Å². The lowest BCUT2D eigenvalue weighted by atomic mass is 9.86. The van der Waals surface area contributed by atoms with Crippen LogP contribution in [0.2, 0.25) is 0 Å². The van der Waals surface area contributed by atoms with Gasteiger partial charge in [-0.15, -0.1) is 0 Å². The fraction of sp³-hybridized carbons (Fsp3) is 0.368. The summed E-state index contributed by atoms with van der Waals surface area (Å²) in [4.78, 5) is 2.26. The zero-order chi connectivity index (χ0) is 16.4. The predicted octanol–water partition coefficient (Wildman–Crippen LogP) is 3.56. The summed E-state index contributed by atoms with van der Waals surface area (Å²) >= 11 is 0. The summed E-state index contributed by atoms with van der Waals surface area (Å²) in [5, 5.41) is 10.1. The van der Waals surface area contributed by atoms with Gasteiger partial charge in [0, 0.05) is 31.5 Å². The van der Waals surface area contributed by atoms with E-state index in [1.54, 1.807) is 13.0 Å². The van der Waals surface area contributed by atoms with Crippen molar-refractivity contribution < 1.29 is 13.9 Å².